The van der Waals surface area contributed by atoms with Crippen LogP contribution in [0.5, 0.6) is 0 Å². The molecule has 0 N–H and O–H groups in total. The minimum absolute atomic E-state index is 0.148. The summed E-state index contributed by atoms with van der Waals surface area (Å²) in [5.41, 5.74) is 7.01. The highest BCUT2D eigenvalue weighted by atomic mass is 35.5. The molecule has 0 saturated heterocycles. The number of nitrogens with zero attached hydrogens (tertiary/aromatic N) is 1. The van der Waals surface area contributed by atoms with Crippen molar-refractivity contribution in [1.82, 2.24) is 4.98 Å². The Morgan fingerprint density at radius 2 is 1.29 bits per heavy atom. The summed E-state index contributed by atoms with van der Waals surface area (Å²) in [6.45, 7) is 11.9. The molecule has 0 spiro atoms. The van der Waals surface area contributed by atoms with E-state index >= 15 is 0 Å². The van der Waals surface area contributed by atoms with Gasteiger partial charge >= 0.3 is 0 Å². The van der Waals surface area contributed by atoms with Crippen molar-refractivity contribution in [3.8, 4) is 33.6 Å². The molecule has 0 bridgehead atoms. The molecular weight excluding hydrogens is 454 g/mol. The quantitative estimate of drug-likeness (QED) is 0.254. The number of rotatable bonds is 6. The Morgan fingerprint density at radius 3 is 1.91 bits per heavy atom. The average molecular weight is 486 g/mol. The van der Waals surface area contributed by atoms with E-state index in [1.165, 1.54) is 0 Å². The van der Waals surface area contributed by atoms with Gasteiger partial charge in [0.25, 0.3) is 0 Å². The Hall–Kier alpha value is -2.72. The first-order chi connectivity index (χ1) is 16.2. The summed E-state index contributed by atoms with van der Waals surface area (Å²) >= 11 is 6.91. The van der Waals surface area contributed by atoms with E-state index in [-0.39, 0.29) is 5.04 Å². The van der Waals surface area contributed by atoms with E-state index in [4.69, 9.17) is 21.0 Å². The predicted octanol–water partition coefficient (Wildman–Crippen LogP) is 9.26. The SMILES string of the molecule is CC(C)(C)[Si](C)(C)OCc1ccccc1-c1nc(-c2ccccc2)c(-c2ccccc2)cc1Cl. The molecule has 174 valence electrons. The van der Waals surface area contributed by atoms with Gasteiger partial charge in [-0.2, -0.15) is 0 Å². The molecule has 0 radical (unpaired) electrons. The predicted molar refractivity (Wildman–Crippen MR) is 148 cm³/mol. The smallest absolute Gasteiger partial charge is 0.192 e. The zero-order valence-corrected chi connectivity index (χ0v) is 22.4. The standard InChI is InChI=1S/C30H32ClNOSi/c1-30(2,3)34(4,5)33-21-24-18-12-13-19-25(24)29-27(31)20-26(22-14-8-6-9-15-22)28(32-29)23-16-10-7-11-17-23/h6-20H,21H2,1-5H3. The van der Waals surface area contributed by atoms with E-state index < -0.39 is 8.32 Å². The lowest BCUT2D eigenvalue weighted by atomic mass is 9.97. The second-order valence-electron chi connectivity index (χ2n) is 10.2. The highest BCUT2D eigenvalue weighted by Crippen LogP contribution is 2.40. The van der Waals surface area contributed by atoms with Gasteiger partial charge < -0.3 is 4.43 Å². The van der Waals surface area contributed by atoms with Gasteiger partial charge in [0.1, 0.15) is 0 Å². The third kappa shape index (κ3) is 5.17. The molecule has 0 aliphatic heterocycles. The lowest BCUT2D eigenvalue weighted by Gasteiger charge is -2.36. The third-order valence-electron chi connectivity index (χ3n) is 6.78. The topological polar surface area (TPSA) is 22.1 Å². The molecule has 4 rings (SSSR count). The van der Waals surface area contributed by atoms with Gasteiger partial charge in [-0.1, -0.05) is 117 Å². The van der Waals surface area contributed by atoms with Crippen LogP contribution in [0.15, 0.2) is 91.0 Å². The minimum atomic E-state index is -1.90. The number of aromatic nitrogens is 1. The Bertz CT molecular complexity index is 1260. The molecule has 0 aliphatic rings. The molecule has 0 saturated carbocycles. The second kappa shape index (κ2) is 9.87. The van der Waals surface area contributed by atoms with Crippen molar-refractivity contribution in [2.75, 3.05) is 0 Å². The second-order valence-corrected chi connectivity index (χ2v) is 15.4. The van der Waals surface area contributed by atoms with Gasteiger partial charge in [0.05, 0.1) is 23.0 Å². The number of hydrogen-bond donors (Lipinski definition) is 0. The molecule has 1 heterocycles. The van der Waals surface area contributed by atoms with E-state index in [0.29, 0.717) is 11.6 Å². The zero-order valence-electron chi connectivity index (χ0n) is 20.6. The maximum absolute atomic E-state index is 6.91. The molecule has 3 aromatic carbocycles. The molecule has 34 heavy (non-hydrogen) atoms. The normalized spacial score (nSPS) is 12.1. The van der Waals surface area contributed by atoms with E-state index in [9.17, 15) is 0 Å². The van der Waals surface area contributed by atoms with Crippen molar-refractivity contribution >= 4 is 19.9 Å². The van der Waals surface area contributed by atoms with Crippen molar-refractivity contribution in [3.05, 3.63) is 102 Å². The summed E-state index contributed by atoms with van der Waals surface area (Å²) in [7, 11) is -1.90. The molecule has 4 aromatic rings. The molecule has 0 aliphatic carbocycles. The van der Waals surface area contributed by atoms with Gasteiger partial charge in [-0.25, -0.2) is 4.98 Å². The molecule has 2 nitrogen and oxygen atoms in total. The van der Waals surface area contributed by atoms with E-state index in [1.54, 1.807) is 0 Å². The van der Waals surface area contributed by atoms with Gasteiger partial charge in [-0.3, -0.25) is 0 Å². The number of benzene rings is 3. The Balaban J connectivity index is 1.82. The maximum Gasteiger partial charge on any atom is 0.192 e. The molecule has 0 unspecified atom stereocenters. The van der Waals surface area contributed by atoms with Crippen molar-refractivity contribution in [3.63, 3.8) is 0 Å². The number of hydrogen-bond acceptors (Lipinski definition) is 2. The Morgan fingerprint density at radius 1 is 0.735 bits per heavy atom. The van der Waals surface area contributed by atoms with Crippen molar-refractivity contribution in [2.45, 2.75) is 45.5 Å². The first-order valence-electron chi connectivity index (χ1n) is 11.7. The van der Waals surface area contributed by atoms with E-state index in [1.807, 2.05) is 48.5 Å². The lowest BCUT2D eigenvalue weighted by molar-refractivity contribution is 0.277. The summed E-state index contributed by atoms with van der Waals surface area (Å²) in [4.78, 5) is 5.17. The summed E-state index contributed by atoms with van der Waals surface area (Å²) in [6, 6.07) is 31.0. The van der Waals surface area contributed by atoms with Crippen molar-refractivity contribution in [2.24, 2.45) is 0 Å². The molecule has 4 heteroatoms. The van der Waals surface area contributed by atoms with Gasteiger partial charge in [-0.15, -0.1) is 0 Å². The fourth-order valence-corrected chi connectivity index (χ4v) is 4.89. The van der Waals surface area contributed by atoms with Crippen LogP contribution in [0.2, 0.25) is 23.2 Å². The molecular formula is C30H32ClNOSi. The average Bonchev–Trinajstić information content (AvgIpc) is 2.83. The first-order valence-corrected chi connectivity index (χ1v) is 15.0. The molecule has 0 atom stereocenters. The monoisotopic (exact) mass is 485 g/mol. The largest absolute Gasteiger partial charge is 0.413 e. The first kappa shape index (κ1) is 24.4. The highest BCUT2D eigenvalue weighted by Gasteiger charge is 2.37. The van der Waals surface area contributed by atoms with Crippen LogP contribution in [0.3, 0.4) is 0 Å². The molecule has 0 amide bonds. The van der Waals surface area contributed by atoms with Crippen molar-refractivity contribution < 1.29 is 4.43 Å². The molecule has 0 fully saturated rings. The Kier molecular flexibility index (Phi) is 7.08. The zero-order chi connectivity index (χ0) is 24.3. The maximum atomic E-state index is 6.91. The highest BCUT2D eigenvalue weighted by molar-refractivity contribution is 6.74. The van der Waals surface area contributed by atoms with Gasteiger partial charge in [-0.05, 0) is 35.3 Å². The molecule has 1 aromatic heterocycles. The summed E-state index contributed by atoms with van der Waals surface area (Å²) < 4.78 is 6.56. The fourth-order valence-electron chi connectivity index (χ4n) is 3.68. The van der Waals surface area contributed by atoms with Crippen LogP contribution in [0.4, 0.5) is 0 Å². The van der Waals surface area contributed by atoms with Gasteiger partial charge in [0, 0.05) is 16.7 Å². The van der Waals surface area contributed by atoms with Gasteiger partial charge in [0.15, 0.2) is 8.32 Å². The van der Waals surface area contributed by atoms with Crippen LogP contribution >= 0.6 is 11.6 Å². The Labute approximate surface area is 209 Å². The number of pyridine rings is 1. The van der Waals surface area contributed by atoms with E-state index in [2.05, 4.69) is 76.3 Å². The lowest BCUT2D eigenvalue weighted by Crippen LogP contribution is -2.40. The number of halogens is 1. The van der Waals surface area contributed by atoms with Crippen LogP contribution in [0, 0.1) is 0 Å². The summed E-state index contributed by atoms with van der Waals surface area (Å²) in [6.07, 6.45) is 0. The summed E-state index contributed by atoms with van der Waals surface area (Å²) in [5.74, 6) is 0. The van der Waals surface area contributed by atoms with E-state index in [0.717, 1.165) is 39.2 Å². The van der Waals surface area contributed by atoms with Crippen LogP contribution in [-0.4, -0.2) is 13.3 Å². The fraction of sp³-hybridized carbons (Fsp3) is 0.233. The van der Waals surface area contributed by atoms with Crippen LogP contribution in [-0.2, 0) is 11.0 Å². The van der Waals surface area contributed by atoms with Crippen molar-refractivity contribution in [1.29, 1.82) is 0 Å². The van der Waals surface area contributed by atoms with Crippen LogP contribution in [0.25, 0.3) is 33.6 Å². The van der Waals surface area contributed by atoms with Gasteiger partial charge in [0.2, 0.25) is 0 Å². The van der Waals surface area contributed by atoms with Crippen LogP contribution in [0.1, 0.15) is 26.3 Å². The minimum Gasteiger partial charge on any atom is -0.413 e. The van der Waals surface area contributed by atoms with Crippen LogP contribution < -0.4 is 0 Å². The third-order valence-corrected chi connectivity index (χ3v) is 11.5. The summed E-state index contributed by atoms with van der Waals surface area (Å²) in [5, 5.41) is 0.786.